The van der Waals surface area contributed by atoms with E-state index in [1.807, 2.05) is 26.1 Å². The van der Waals surface area contributed by atoms with Gasteiger partial charge in [-0.3, -0.25) is 4.79 Å². The highest BCUT2D eigenvalue weighted by Crippen LogP contribution is 2.40. The molecule has 0 saturated heterocycles. The molecule has 1 saturated carbocycles. The minimum atomic E-state index is -0.768. The lowest BCUT2D eigenvalue weighted by atomic mass is 9.77. The van der Waals surface area contributed by atoms with Gasteiger partial charge >= 0.3 is 5.97 Å². The predicted octanol–water partition coefficient (Wildman–Crippen LogP) is 3.48. The van der Waals surface area contributed by atoms with Crippen LogP contribution in [0.5, 0.6) is 0 Å². The van der Waals surface area contributed by atoms with Crippen molar-refractivity contribution in [1.82, 2.24) is 0 Å². The van der Waals surface area contributed by atoms with Crippen LogP contribution in [0.15, 0.2) is 18.2 Å². The summed E-state index contributed by atoms with van der Waals surface area (Å²) in [5.41, 5.74) is 2.14. The number of para-hydroxylation sites is 1. The van der Waals surface area contributed by atoms with Crippen molar-refractivity contribution in [1.29, 1.82) is 5.26 Å². The zero-order chi connectivity index (χ0) is 15.5. The first-order chi connectivity index (χ1) is 10.00. The molecule has 1 fully saturated rings. The number of carbonyl (C=O) groups is 1. The first-order valence-corrected chi connectivity index (χ1v) is 7.45. The number of hydrogen-bond acceptors (Lipinski definition) is 3. The highest BCUT2D eigenvalue weighted by atomic mass is 16.4. The molecule has 0 bridgehead atoms. The standard InChI is InChI=1S/C17H22N2O2/c1-13-7-6-8-14(12-18)16(13)19(2)17(11-15(20)21)9-4-3-5-10-17/h6-8H,3-5,9-11H2,1-2H3,(H,20,21). The molecule has 1 aliphatic carbocycles. The third-order valence-electron chi connectivity index (χ3n) is 4.67. The fourth-order valence-electron chi connectivity index (χ4n) is 3.55. The summed E-state index contributed by atoms with van der Waals surface area (Å²) < 4.78 is 0. The van der Waals surface area contributed by atoms with E-state index in [0.29, 0.717) is 5.56 Å². The smallest absolute Gasteiger partial charge is 0.305 e. The van der Waals surface area contributed by atoms with Gasteiger partial charge in [0.2, 0.25) is 0 Å². The minimum Gasteiger partial charge on any atom is -0.481 e. The van der Waals surface area contributed by atoms with Gasteiger partial charge in [-0.25, -0.2) is 0 Å². The van der Waals surface area contributed by atoms with Crippen LogP contribution in [0, 0.1) is 18.3 Å². The molecule has 0 spiro atoms. The minimum absolute atomic E-state index is 0.128. The zero-order valence-corrected chi connectivity index (χ0v) is 12.7. The third kappa shape index (κ3) is 3.02. The Bertz CT molecular complexity index is 569. The van der Waals surface area contributed by atoms with Crippen molar-refractivity contribution in [3.63, 3.8) is 0 Å². The number of carboxylic acids is 1. The van der Waals surface area contributed by atoms with Crippen molar-refractivity contribution < 1.29 is 9.90 Å². The molecule has 4 heteroatoms. The average molecular weight is 286 g/mol. The summed E-state index contributed by atoms with van der Waals surface area (Å²) in [6.07, 6.45) is 5.12. The normalized spacial score (nSPS) is 17.0. The van der Waals surface area contributed by atoms with Gasteiger partial charge in [0.15, 0.2) is 0 Å². The van der Waals surface area contributed by atoms with E-state index in [2.05, 4.69) is 11.0 Å². The SMILES string of the molecule is Cc1cccc(C#N)c1N(C)C1(CC(=O)O)CCCCC1. The molecule has 112 valence electrons. The Morgan fingerprint density at radius 2 is 2.05 bits per heavy atom. The van der Waals surface area contributed by atoms with E-state index in [9.17, 15) is 15.2 Å². The fourth-order valence-corrected chi connectivity index (χ4v) is 3.55. The van der Waals surface area contributed by atoms with Crippen LogP contribution in [0.3, 0.4) is 0 Å². The number of carboxylic acid groups (broad SMARTS) is 1. The lowest BCUT2D eigenvalue weighted by molar-refractivity contribution is -0.138. The molecule has 2 rings (SSSR count). The molecule has 1 N–H and O–H groups in total. The molecule has 0 amide bonds. The number of anilines is 1. The van der Waals surface area contributed by atoms with Crippen molar-refractivity contribution in [2.75, 3.05) is 11.9 Å². The van der Waals surface area contributed by atoms with E-state index in [1.54, 1.807) is 6.07 Å². The van der Waals surface area contributed by atoms with Crippen molar-refractivity contribution in [2.45, 2.75) is 51.0 Å². The van der Waals surface area contributed by atoms with Crippen LogP contribution >= 0.6 is 0 Å². The van der Waals surface area contributed by atoms with Gasteiger partial charge in [-0.05, 0) is 31.4 Å². The van der Waals surface area contributed by atoms with E-state index >= 15 is 0 Å². The molecule has 0 aromatic heterocycles. The molecule has 0 atom stereocenters. The summed E-state index contributed by atoms with van der Waals surface area (Å²) in [6, 6.07) is 7.89. The summed E-state index contributed by atoms with van der Waals surface area (Å²) >= 11 is 0. The Labute approximate surface area is 126 Å². The average Bonchev–Trinajstić information content (AvgIpc) is 2.46. The summed E-state index contributed by atoms with van der Waals surface area (Å²) in [6.45, 7) is 1.98. The van der Waals surface area contributed by atoms with Crippen LogP contribution in [0.4, 0.5) is 5.69 Å². The van der Waals surface area contributed by atoms with Crippen molar-refractivity contribution in [2.24, 2.45) is 0 Å². The highest BCUT2D eigenvalue weighted by molar-refractivity contribution is 5.72. The molecule has 0 heterocycles. The van der Waals surface area contributed by atoms with Gasteiger partial charge in [-0.15, -0.1) is 0 Å². The van der Waals surface area contributed by atoms with Crippen LogP contribution < -0.4 is 4.90 Å². The number of aliphatic carboxylic acids is 1. The summed E-state index contributed by atoms with van der Waals surface area (Å²) in [7, 11) is 1.94. The second-order valence-corrected chi connectivity index (χ2v) is 6.00. The summed E-state index contributed by atoms with van der Waals surface area (Å²) in [5.74, 6) is -0.768. The molecule has 1 aromatic carbocycles. The largest absolute Gasteiger partial charge is 0.481 e. The van der Waals surface area contributed by atoms with E-state index < -0.39 is 5.97 Å². The predicted molar refractivity (Wildman–Crippen MR) is 82.4 cm³/mol. The number of rotatable bonds is 4. The van der Waals surface area contributed by atoms with Crippen LogP contribution in [0.2, 0.25) is 0 Å². The van der Waals surface area contributed by atoms with Crippen molar-refractivity contribution >= 4 is 11.7 Å². The second kappa shape index (κ2) is 6.17. The Morgan fingerprint density at radius 1 is 1.38 bits per heavy atom. The fraction of sp³-hybridized carbons (Fsp3) is 0.529. The number of nitriles is 1. The Hall–Kier alpha value is -2.02. The van der Waals surface area contributed by atoms with E-state index in [-0.39, 0.29) is 12.0 Å². The molecule has 4 nitrogen and oxygen atoms in total. The topological polar surface area (TPSA) is 64.3 Å². The first kappa shape index (κ1) is 15.4. The Kier molecular flexibility index (Phi) is 4.52. The monoisotopic (exact) mass is 286 g/mol. The Balaban J connectivity index is 2.46. The second-order valence-electron chi connectivity index (χ2n) is 6.00. The Morgan fingerprint density at radius 3 is 2.62 bits per heavy atom. The highest BCUT2D eigenvalue weighted by Gasteiger charge is 2.39. The number of nitrogens with zero attached hydrogens (tertiary/aromatic N) is 2. The van der Waals surface area contributed by atoms with E-state index in [1.165, 1.54) is 0 Å². The first-order valence-electron chi connectivity index (χ1n) is 7.45. The quantitative estimate of drug-likeness (QED) is 0.920. The molecular formula is C17H22N2O2. The molecule has 1 aliphatic rings. The number of benzene rings is 1. The maximum absolute atomic E-state index is 11.4. The molecule has 0 unspecified atom stereocenters. The molecule has 21 heavy (non-hydrogen) atoms. The third-order valence-corrected chi connectivity index (χ3v) is 4.67. The number of hydrogen-bond donors (Lipinski definition) is 1. The number of aryl methyl sites for hydroxylation is 1. The van der Waals surface area contributed by atoms with Gasteiger partial charge in [0.25, 0.3) is 0 Å². The molecule has 0 radical (unpaired) electrons. The molecular weight excluding hydrogens is 264 g/mol. The van der Waals surface area contributed by atoms with Gasteiger partial charge < -0.3 is 10.0 Å². The lowest BCUT2D eigenvalue weighted by Gasteiger charge is -2.46. The van der Waals surface area contributed by atoms with E-state index in [4.69, 9.17) is 0 Å². The van der Waals surface area contributed by atoms with Crippen LogP contribution in [-0.4, -0.2) is 23.7 Å². The zero-order valence-electron chi connectivity index (χ0n) is 12.7. The molecule has 1 aromatic rings. The van der Waals surface area contributed by atoms with E-state index in [0.717, 1.165) is 43.4 Å². The maximum Gasteiger partial charge on any atom is 0.305 e. The summed E-state index contributed by atoms with van der Waals surface area (Å²) in [4.78, 5) is 13.4. The van der Waals surface area contributed by atoms with Gasteiger partial charge in [0, 0.05) is 7.05 Å². The van der Waals surface area contributed by atoms with Gasteiger partial charge in [-0.1, -0.05) is 31.4 Å². The van der Waals surface area contributed by atoms with Crippen LogP contribution in [0.25, 0.3) is 0 Å². The van der Waals surface area contributed by atoms with Gasteiger partial charge in [0.05, 0.1) is 23.2 Å². The van der Waals surface area contributed by atoms with Gasteiger partial charge in [0.1, 0.15) is 6.07 Å². The van der Waals surface area contributed by atoms with Crippen molar-refractivity contribution in [3.05, 3.63) is 29.3 Å². The lowest BCUT2D eigenvalue weighted by Crippen LogP contribution is -2.50. The molecule has 0 aliphatic heterocycles. The van der Waals surface area contributed by atoms with Crippen LogP contribution in [0.1, 0.15) is 49.7 Å². The maximum atomic E-state index is 11.4. The van der Waals surface area contributed by atoms with Crippen molar-refractivity contribution in [3.8, 4) is 6.07 Å². The van der Waals surface area contributed by atoms with Gasteiger partial charge in [-0.2, -0.15) is 5.26 Å². The van der Waals surface area contributed by atoms with Crippen LogP contribution in [-0.2, 0) is 4.79 Å². The summed E-state index contributed by atoms with van der Waals surface area (Å²) in [5, 5.41) is 18.7.